The Bertz CT molecular complexity index is 449. The van der Waals surface area contributed by atoms with Crippen molar-refractivity contribution in [3.05, 3.63) is 35.4 Å². The lowest BCUT2D eigenvalue weighted by Gasteiger charge is -2.38. The first-order valence-corrected chi connectivity index (χ1v) is 7.27. The molecule has 0 saturated carbocycles. The van der Waals surface area contributed by atoms with Crippen LogP contribution in [0.4, 0.5) is 0 Å². The molecular formula is C16H25N3O. The molecule has 0 bridgehead atoms. The zero-order valence-electron chi connectivity index (χ0n) is 12.7. The van der Waals surface area contributed by atoms with Gasteiger partial charge in [0.25, 0.3) is 0 Å². The Morgan fingerprint density at radius 2 is 1.95 bits per heavy atom. The Labute approximate surface area is 121 Å². The lowest BCUT2D eigenvalue weighted by atomic mass is 9.89. The third-order valence-electron chi connectivity index (χ3n) is 3.47. The van der Waals surface area contributed by atoms with Crippen molar-refractivity contribution in [2.75, 3.05) is 26.3 Å². The molecule has 1 aromatic rings. The second-order valence-electron chi connectivity index (χ2n) is 5.84. The van der Waals surface area contributed by atoms with Crippen LogP contribution in [0.5, 0.6) is 0 Å². The number of hydrogen-bond donors (Lipinski definition) is 2. The molecule has 0 amide bonds. The molecule has 110 valence electrons. The van der Waals surface area contributed by atoms with E-state index in [0.29, 0.717) is 6.54 Å². The van der Waals surface area contributed by atoms with Gasteiger partial charge < -0.3 is 15.4 Å². The fraction of sp³-hybridized carbons (Fsp3) is 0.562. The molecule has 0 aromatic heterocycles. The van der Waals surface area contributed by atoms with E-state index in [1.54, 1.807) is 0 Å². The van der Waals surface area contributed by atoms with Crippen LogP contribution in [0.2, 0.25) is 0 Å². The molecule has 1 aliphatic heterocycles. The summed E-state index contributed by atoms with van der Waals surface area (Å²) < 4.78 is 5.27. The van der Waals surface area contributed by atoms with Gasteiger partial charge in [0.2, 0.25) is 0 Å². The zero-order valence-corrected chi connectivity index (χ0v) is 12.7. The number of aliphatic imine (C=N–C) groups is 1. The molecule has 4 heteroatoms. The van der Waals surface area contributed by atoms with Gasteiger partial charge in [-0.15, -0.1) is 0 Å². The van der Waals surface area contributed by atoms with Gasteiger partial charge in [-0.1, -0.05) is 36.8 Å². The van der Waals surface area contributed by atoms with E-state index in [0.717, 1.165) is 32.3 Å². The third kappa shape index (κ3) is 4.23. The largest absolute Gasteiger partial charge is 0.380 e. The van der Waals surface area contributed by atoms with E-state index in [4.69, 9.17) is 4.74 Å². The number of benzene rings is 1. The standard InChI is InChI=1S/C16H25N3O/c1-4-17-15(19-10-16(3)11-20-12-16)18-9-14-7-5-13(2)6-8-14/h5-8H,4,9-12H2,1-3H3,(H2,17,18,19). The predicted octanol–water partition coefficient (Wildman–Crippen LogP) is 2.09. The van der Waals surface area contributed by atoms with Gasteiger partial charge in [-0.3, -0.25) is 0 Å². The highest BCUT2D eigenvalue weighted by atomic mass is 16.5. The van der Waals surface area contributed by atoms with E-state index in [9.17, 15) is 0 Å². The maximum Gasteiger partial charge on any atom is 0.191 e. The lowest BCUT2D eigenvalue weighted by molar-refractivity contribution is -0.0971. The van der Waals surface area contributed by atoms with Gasteiger partial charge in [0.05, 0.1) is 19.8 Å². The van der Waals surface area contributed by atoms with Gasteiger partial charge >= 0.3 is 0 Å². The Kier molecular flexibility index (Phi) is 5.01. The van der Waals surface area contributed by atoms with Crippen molar-refractivity contribution in [1.29, 1.82) is 0 Å². The van der Waals surface area contributed by atoms with Gasteiger partial charge in [0, 0.05) is 18.5 Å². The van der Waals surface area contributed by atoms with Crippen molar-refractivity contribution in [2.24, 2.45) is 10.4 Å². The normalized spacial score (nSPS) is 17.4. The number of nitrogens with zero attached hydrogens (tertiary/aromatic N) is 1. The van der Waals surface area contributed by atoms with Crippen LogP contribution in [-0.2, 0) is 11.3 Å². The van der Waals surface area contributed by atoms with Gasteiger partial charge in [-0.25, -0.2) is 4.99 Å². The van der Waals surface area contributed by atoms with Gasteiger partial charge in [0.15, 0.2) is 5.96 Å². The van der Waals surface area contributed by atoms with E-state index in [1.165, 1.54) is 11.1 Å². The lowest BCUT2D eigenvalue weighted by Crippen LogP contribution is -2.51. The van der Waals surface area contributed by atoms with E-state index >= 15 is 0 Å². The van der Waals surface area contributed by atoms with Gasteiger partial charge in [-0.05, 0) is 19.4 Å². The molecule has 4 nitrogen and oxygen atoms in total. The number of nitrogens with one attached hydrogen (secondary N) is 2. The molecule has 2 N–H and O–H groups in total. The number of hydrogen-bond acceptors (Lipinski definition) is 2. The topological polar surface area (TPSA) is 45.7 Å². The van der Waals surface area contributed by atoms with Crippen LogP contribution in [0.25, 0.3) is 0 Å². The van der Waals surface area contributed by atoms with E-state index in [-0.39, 0.29) is 5.41 Å². The molecule has 2 rings (SSSR count). The second-order valence-corrected chi connectivity index (χ2v) is 5.84. The fourth-order valence-corrected chi connectivity index (χ4v) is 2.06. The number of guanidine groups is 1. The number of ether oxygens (including phenoxy) is 1. The molecule has 0 spiro atoms. The van der Waals surface area contributed by atoms with Crippen molar-refractivity contribution in [3.63, 3.8) is 0 Å². The number of rotatable bonds is 5. The van der Waals surface area contributed by atoms with Crippen LogP contribution in [0, 0.1) is 12.3 Å². The predicted molar refractivity (Wildman–Crippen MR) is 82.9 cm³/mol. The SMILES string of the molecule is CCNC(=NCc1ccc(C)cc1)NCC1(C)COC1. The quantitative estimate of drug-likeness (QED) is 0.639. The second kappa shape index (κ2) is 6.75. The highest BCUT2D eigenvalue weighted by Crippen LogP contribution is 2.24. The highest BCUT2D eigenvalue weighted by molar-refractivity contribution is 5.79. The molecule has 0 aliphatic carbocycles. The third-order valence-corrected chi connectivity index (χ3v) is 3.47. The summed E-state index contributed by atoms with van der Waals surface area (Å²) in [7, 11) is 0. The average molecular weight is 275 g/mol. The van der Waals surface area contributed by atoms with Gasteiger partial charge in [-0.2, -0.15) is 0 Å². The summed E-state index contributed by atoms with van der Waals surface area (Å²) in [5.74, 6) is 0.876. The Morgan fingerprint density at radius 1 is 1.25 bits per heavy atom. The summed E-state index contributed by atoms with van der Waals surface area (Å²) in [5, 5.41) is 6.69. The van der Waals surface area contributed by atoms with Crippen molar-refractivity contribution in [1.82, 2.24) is 10.6 Å². The first-order valence-electron chi connectivity index (χ1n) is 7.27. The molecular weight excluding hydrogens is 250 g/mol. The smallest absolute Gasteiger partial charge is 0.191 e. The first kappa shape index (κ1) is 14.9. The summed E-state index contributed by atoms with van der Waals surface area (Å²) in [5.41, 5.74) is 2.76. The molecule has 1 fully saturated rings. The monoisotopic (exact) mass is 275 g/mol. The zero-order chi connectivity index (χ0) is 14.4. The van der Waals surface area contributed by atoms with E-state index < -0.39 is 0 Å². The minimum atomic E-state index is 0.250. The van der Waals surface area contributed by atoms with Crippen molar-refractivity contribution in [3.8, 4) is 0 Å². The van der Waals surface area contributed by atoms with Crippen LogP contribution in [0.15, 0.2) is 29.3 Å². The maximum absolute atomic E-state index is 5.27. The highest BCUT2D eigenvalue weighted by Gasteiger charge is 2.33. The van der Waals surface area contributed by atoms with Crippen LogP contribution in [-0.4, -0.2) is 32.3 Å². The maximum atomic E-state index is 5.27. The minimum Gasteiger partial charge on any atom is -0.380 e. The van der Waals surface area contributed by atoms with Crippen molar-refractivity contribution in [2.45, 2.75) is 27.3 Å². The van der Waals surface area contributed by atoms with Crippen molar-refractivity contribution < 1.29 is 4.74 Å². The summed E-state index contributed by atoms with van der Waals surface area (Å²) in [4.78, 5) is 4.63. The summed E-state index contributed by atoms with van der Waals surface area (Å²) in [6, 6.07) is 8.50. The summed E-state index contributed by atoms with van der Waals surface area (Å²) in [6.45, 7) is 10.5. The molecule has 1 aliphatic rings. The number of aryl methyl sites for hydroxylation is 1. The minimum absolute atomic E-state index is 0.250. The molecule has 1 aromatic carbocycles. The first-order chi connectivity index (χ1) is 9.61. The van der Waals surface area contributed by atoms with Crippen LogP contribution < -0.4 is 10.6 Å². The Hall–Kier alpha value is -1.55. The Balaban J connectivity index is 1.89. The van der Waals surface area contributed by atoms with Crippen LogP contribution in [0.1, 0.15) is 25.0 Å². The molecule has 1 heterocycles. The van der Waals surface area contributed by atoms with Gasteiger partial charge in [0.1, 0.15) is 0 Å². The molecule has 20 heavy (non-hydrogen) atoms. The Morgan fingerprint density at radius 3 is 2.50 bits per heavy atom. The molecule has 1 saturated heterocycles. The van der Waals surface area contributed by atoms with Crippen LogP contribution >= 0.6 is 0 Å². The van der Waals surface area contributed by atoms with Crippen molar-refractivity contribution >= 4 is 5.96 Å². The molecule has 0 unspecified atom stereocenters. The van der Waals surface area contributed by atoms with E-state index in [1.807, 2.05) is 0 Å². The molecule has 0 atom stereocenters. The molecule has 0 radical (unpaired) electrons. The fourth-order valence-electron chi connectivity index (χ4n) is 2.06. The van der Waals surface area contributed by atoms with E-state index in [2.05, 4.69) is 60.7 Å². The summed E-state index contributed by atoms with van der Waals surface area (Å²) >= 11 is 0. The summed E-state index contributed by atoms with van der Waals surface area (Å²) in [6.07, 6.45) is 0. The van der Waals surface area contributed by atoms with Crippen LogP contribution in [0.3, 0.4) is 0 Å². The average Bonchev–Trinajstić information content (AvgIpc) is 2.41.